The minimum absolute atomic E-state index is 0.0230. The highest BCUT2D eigenvalue weighted by Gasteiger charge is 2.25. The predicted octanol–water partition coefficient (Wildman–Crippen LogP) is 3.09. The SMILES string of the molecule is CCOC(=O)n1nc(NC(=O)c2ccc(N3CCN(C)CC3)cc2NC(=O)c2cc(C)[nH]n2)c2cc(C(=O)O)sc21. The summed E-state index contributed by atoms with van der Waals surface area (Å²) in [6.07, 6.45) is -0.810. The second-order valence-electron chi connectivity index (χ2n) is 9.46. The van der Waals surface area contributed by atoms with Crippen LogP contribution in [0.25, 0.3) is 10.2 Å². The van der Waals surface area contributed by atoms with Gasteiger partial charge in [0, 0.05) is 37.6 Å². The van der Waals surface area contributed by atoms with E-state index in [0.717, 1.165) is 47.9 Å². The van der Waals surface area contributed by atoms with E-state index < -0.39 is 23.9 Å². The maximum Gasteiger partial charge on any atom is 0.436 e. The first-order valence-corrected chi connectivity index (χ1v) is 13.6. The number of fused-ring (bicyclic) bond motifs is 1. The topological polar surface area (TPSA) is 175 Å². The zero-order valence-corrected chi connectivity index (χ0v) is 23.4. The molecule has 0 bridgehead atoms. The van der Waals surface area contributed by atoms with E-state index in [9.17, 15) is 24.3 Å². The van der Waals surface area contributed by atoms with Gasteiger partial charge in [0.15, 0.2) is 11.5 Å². The number of rotatable bonds is 7. The number of hydrogen-bond acceptors (Lipinski definition) is 10. The number of anilines is 3. The van der Waals surface area contributed by atoms with E-state index in [1.807, 2.05) is 0 Å². The molecule has 2 amide bonds. The van der Waals surface area contributed by atoms with Gasteiger partial charge in [-0.15, -0.1) is 16.4 Å². The summed E-state index contributed by atoms with van der Waals surface area (Å²) in [5.41, 5.74) is 2.09. The van der Waals surface area contributed by atoms with E-state index in [0.29, 0.717) is 5.69 Å². The highest BCUT2D eigenvalue weighted by atomic mass is 32.1. The molecule has 1 aliphatic rings. The Balaban J connectivity index is 1.50. The fourth-order valence-electron chi connectivity index (χ4n) is 4.40. The molecule has 0 aliphatic carbocycles. The molecule has 0 atom stereocenters. The lowest BCUT2D eigenvalue weighted by atomic mass is 10.1. The summed E-state index contributed by atoms with van der Waals surface area (Å²) in [4.78, 5) is 55.2. The van der Waals surface area contributed by atoms with Crippen LogP contribution in [0.3, 0.4) is 0 Å². The van der Waals surface area contributed by atoms with Gasteiger partial charge in [0.2, 0.25) is 0 Å². The average Bonchev–Trinajstić information content (AvgIpc) is 3.65. The van der Waals surface area contributed by atoms with Crippen molar-refractivity contribution in [2.45, 2.75) is 13.8 Å². The van der Waals surface area contributed by atoms with Gasteiger partial charge in [0.1, 0.15) is 9.71 Å². The molecule has 41 heavy (non-hydrogen) atoms. The molecular formula is C26H28N8O6S. The molecule has 0 unspecified atom stereocenters. The van der Waals surface area contributed by atoms with E-state index in [-0.39, 0.29) is 44.5 Å². The number of piperazine rings is 1. The molecular weight excluding hydrogens is 552 g/mol. The molecule has 1 saturated heterocycles. The second kappa shape index (κ2) is 11.4. The van der Waals surface area contributed by atoms with E-state index in [4.69, 9.17) is 4.74 Å². The number of ether oxygens (including phenoxy) is 1. The van der Waals surface area contributed by atoms with E-state index in [2.05, 4.69) is 42.8 Å². The van der Waals surface area contributed by atoms with Crippen LogP contribution in [-0.4, -0.2) is 93.7 Å². The van der Waals surface area contributed by atoms with Crippen molar-refractivity contribution < 1.29 is 29.0 Å². The Morgan fingerprint density at radius 1 is 1.07 bits per heavy atom. The highest BCUT2D eigenvalue weighted by Crippen LogP contribution is 2.33. The largest absolute Gasteiger partial charge is 0.477 e. The number of aromatic nitrogens is 4. The minimum atomic E-state index is -1.18. The quantitative estimate of drug-likeness (QED) is 0.254. The molecule has 214 valence electrons. The molecule has 3 aromatic heterocycles. The number of thiophene rings is 1. The van der Waals surface area contributed by atoms with Crippen LogP contribution < -0.4 is 15.5 Å². The van der Waals surface area contributed by atoms with Gasteiger partial charge in [-0.25, -0.2) is 9.59 Å². The van der Waals surface area contributed by atoms with Crippen molar-refractivity contribution in [2.24, 2.45) is 0 Å². The Kier molecular flexibility index (Phi) is 7.72. The minimum Gasteiger partial charge on any atom is -0.477 e. The number of likely N-dealkylation sites (N-methyl/N-ethyl adjacent to an activating group) is 1. The maximum atomic E-state index is 13.6. The van der Waals surface area contributed by atoms with Crippen LogP contribution in [0.15, 0.2) is 30.3 Å². The Labute approximate surface area is 237 Å². The molecule has 0 saturated carbocycles. The third-order valence-corrected chi connectivity index (χ3v) is 7.64. The van der Waals surface area contributed by atoms with Crippen LogP contribution in [0.4, 0.5) is 22.0 Å². The van der Waals surface area contributed by atoms with Gasteiger partial charge in [-0.1, -0.05) is 0 Å². The Hall–Kier alpha value is -4.76. The first-order chi connectivity index (χ1) is 19.6. The number of H-pyrrole nitrogens is 1. The summed E-state index contributed by atoms with van der Waals surface area (Å²) >= 11 is 0.832. The van der Waals surface area contributed by atoms with Crippen LogP contribution >= 0.6 is 11.3 Å². The lowest BCUT2D eigenvalue weighted by Gasteiger charge is -2.34. The molecule has 14 nitrogen and oxygen atoms in total. The summed E-state index contributed by atoms with van der Waals surface area (Å²) in [5.74, 6) is -2.33. The summed E-state index contributed by atoms with van der Waals surface area (Å²) in [7, 11) is 2.05. The zero-order valence-electron chi connectivity index (χ0n) is 22.6. The van der Waals surface area contributed by atoms with Crippen LogP contribution in [0.2, 0.25) is 0 Å². The lowest BCUT2D eigenvalue weighted by molar-refractivity contribution is 0.0701. The van der Waals surface area contributed by atoms with Gasteiger partial charge in [0.25, 0.3) is 11.8 Å². The summed E-state index contributed by atoms with van der Waals surface area (Å²) in [6.45, 7) is 6.78. The number of aromatic carboxylic acids is 1. The fraction of sp³-hybridized carbons (Fsp3) is 0.308. The predicted molar refractivity (Wildman–Crippen MR) is 152 cm³/mol. The fourth-order valence-corrected chi connectivity index (χ4v) is 5.34. The van der Waals surface area contributed by atoms with Gasteiger partial charge in [-0.2, -0.15) is 9.78 Å². The summed E-state index contributed by atoms with van der Waals surface area (Å²) in [6, 6.07) is 8.06. The van der Waals surface area contributed by atoms with E-state index in [1.54, 1.807) is 38.1 Å². The molecule has 4 N–H and O–H groups in total. The van der Waals surface area contributed by atoms with E-state index in [1.165, 1.54) is 6.07 Å². The molecule has 1 aliphatic heterocycles. The number of aromatic amines is 1. The number of carbonyl (C=O) groups is 4. The van der Waals surface area contributed by atoms with Crippen molar-refractivity contribution in [1.29, 1.82) is 0 Å². The van der Waals surface area contributed by atoms with Gasteiger partial charge in [0.05, 0.1) is 23.2 Å². The number of nitrogens with zero attached hydrogens (tertiary/aromatic N) is 5. The van der Waals surface area contributed by atoms with Gasteiger partial charge < -0.3 is 30.3 Å². The van der Waals surface area contributed by atoms with Gasteiger partial charge >= 0.3 is 12.1 Å². The number of carboxylic acids is 1. The second-order valence-corrected chi connectivity index (χ2v) is 10.5. The van der Waals surface area contributed by atoms with Crippen LogP contribution in [0.1, 0.15) is 43.1 Å². The standard InChI is InChI=1S/C26H28N8O6S/c1-4-40-26(39)34-24-17(13-20(41-24)25(37)38)21(31-34)28-22(35)16-6-5-15(33-9-7-32(3)8-10-33)12-18(16)27-23(36)19-11-14(2)29-30-19/h5-6,11-13H,4,7-10H2,1-3H3,(H,27,36)(H,29,30)(H,37,38)(H,28,31,35). The zero-order chi connectivity index (χ0) is 29.3. The number of nitrogens with one attached hydrogen (secondary N) is 3. The summed E-state index contributed by atoms with van der Waals surface area (Å²) in [5, 5.41) is 26.1. The maximum absolute atomic E-state index is 13.6. The van der Waals surface area contributed by atoms with Crippen molar-refractivity contribution in [1.82, 2.24) is 24.9 Å². The first-order valence-electron chi connectivity index (χ1n) is 12.8. The molecule has 15 heteroatoms. The molecule has 4 heterocycles. The van der Waals surface area contributed by atoms with Crippen molar-refractivity contribution in [3.05, 3.63) is 52.2 Å². The lowest BCUT2D eigenvalue weighted by Crippen LogP contribution is -2.44. The number of aryl methyl sites for hydroxylation is 1. The Morgan fingerprint density at radius 3 is 2.49 bits per heavy atom. The normalized spacial score (nSPS) is 13.8. The van der Waals surface area contributed by atoms with Crippen LogP contribution in [0.5, 0.6) is 0 Å². The Bertz CT molecular complexity index is 1650. The first kappa shape index (κ1) is 27.8. The van der Waals surface area contributed by atoms with Gasteiger partial charge in [-0.05, 0) is 51.2 Å². The van der Waals surface area contributed by atoms with Crippen molar-refractivity contribution in [3.63, 3.8) is 0 Å². The van der Waals surface area contributed by atoms with Crippen LogP contribution in [0, 0.1) is 6.92 Å². The molecule has 1 aromatic carbocycles. The third kappa shape index (κ3) is 5.76. The van der Waals surface area contributed by atoms with Crippen molar-refractivity contribution in [3.8, 4) is 0 Å². The van der Waals surface area contributed by atoms with Crippen LogP contribution in [-0.2, 0) is 4.74 Å². The number of hydrogen-bond donors (Lipinski definition) is 4. The number of amides is 2. The molecule has 4 aromatic rings. The number of carbonyl (C=O) groups excluding carboxylic acids is 3. The summed E-state index contributed by atoms with van der Waals surface area (Å²) < 4.78 is 5.96. The number of benzene rings is 1. The number of carboxylic acid groups (broad SMARTS) is 1. The van der Waals surface area contributed by atoms with E-state index >= 15 is 0 Å². The molecule has 0 spiro atoms. The molecule has 0 radical (unpaired) electrons. The Morgan fingerprint density at radius 2 is 1.83 bits per heavy atom. The smallest absolute Gasteiger partial charge is 0.436 e. The van der Waals surface area contributed by atoms with Crippen molar-refractivity contribution >= 4 is 62.6 Å². The third-order valence-electron chi connectivity index (χ3n) is 6.55. The van der Waals surface area contributed by atoms with Gasteiger partial charge in [-0.3, -0.25) is 14.7 Å². The monoisotopic (exact) mass is 580 g/mol. The average molecular weight is 581 g/mol. The molecule has 1 fully saturated rings. The van der Waals surface area contributed by atoms with Crippen molar-refractivity contribution in [2.75, 3.05) is 55.4 Å². The molecule has 5 rings (SSSR count). The highest BCUT2D eigenvalue weighted by molar-refractivity contribution is 7.20.